The lowest BCUT2D eigenvalue weighted by atomic mass is 10.1. The summed E-state index contributed by atoms with van der Waals surface area (Å²) in [6.07, 6.45) is 6.61. The van der Waals surface area contributed by atoms with Crippen LogP contribution in [0.25, 0.3) is 0 Å². The van der Waals surface area contributed by atoms with Crippen molar-refractivity contribution < 1.29 is 13.2 Å². The van der Waals surface area contributed by atoms with Gasteiger partial charge in [0.1, 0.15) is 5.82 Å². The molecule has 1 aliphatic heterocycles. The van der Waals surface area contributed by atoms with Crippen LogP contribution < -0.4 is 15.5 Å². The predicted octanol–water partition coefficient (Wildman–Crippen LogP) is 3.04. The number of nitrogens with zero attached hydrogens (tertiary/aromatic N) is 2. The summed E-state index contributed by atoms with van der Waals surface area (Å²) < 4.78 is 23.1. The van der Waals surface area contributed by atoms with Crippen LogP contribution in [-0.2, 0) is 16.4 Å². The second kappa shape index (κ2) is 9.26. The average molecular weight is 417 g/mol. The minimum atomic E-state index is -3.23. The molecule has 0 spiro atoms. The molecule has 0 aliphatic carbocycles. The SMILES string of the molecule is CC(NC(=O)NCc1ccnc(N2CCCCC2)c1)c1ccc(S(C)(=O)=O)cc1. The first kappa shape index (κ1) is 21.1. The average Bonchev–Trinajstić information content (AvgIpc) is 2.72. The number of rotatable bonds is 6. The van der Waals surface area contributed by atoms with E-state index in [1.807, 2.05) is 19.1 Å². The molecule has 1 aromatic carbocycles. The van der Waals surface area contributed by atoms with Crippen LogP contribution in [0.5, 0.6) is 0 Å². The third-order valence-corrected chi connectivity index (χ3v) is 6.23. The minimum Gasteiger partial charge on any atom is -0.357 e. The van der Waals surface area contributed by atoms with Gasteiger partial charge in [-0.3, -0.25) is 0 Å². The molecule has 7 nitrogen and oxygen atoms in total. The Balaban J connectivity index is 1.53. The van der Waals surface area contributed by atoms with Gasteiger partial charge in [0.15, 0.2) is 9.84 Å². The van der Waals surface area contributed by atoms with E-state index in [2.05, 4.69) is 20.5 Å². The zero-order valence-corrected chi connectivity index (χ0v) is 17.7. The Morgan fingerprint density at radius 3 is 2.48 bits per heavy atom. The zero-order chi connectivity index (χ0) is 20.9. The van der Waals surface area contributed by atoms with Crippen LogP contribution in [0.15, 0.2) is 47.5 Å². The number of pyridine rings is 1. The fraction of sp³-hybridized carbons (Fsp3) is 0.429. The highest BCUT2D eigenvalue weighted by Crippen LogP contribution is 2.19. The first-order valence-electron chi connectivity index (χ1n) is 9.87. The molecule has 1 aliphatic rings. The Kier molecular flexibility index (Phi) is 6.74. The van der Waals surface area contributed by atoms with Gasteiger partial charge in [-0.05, 0) is 61.6 Å². The first-order chi connectivity index (χ1) is 13.8. The third kappa shape index (κ3) is 5.93. The summed E-state index contributed by atoms with van der Waals surface area (Å²) >= 11 is 0. The molecule has 0 bridgehead atoms. The molecule has 29 heavy (non-hydrogen) atoms. The monoisotopic (exact) mass is 416 g/mol. The molecule has 8 heteroatoms. The van der Waals surface area contributed by atoms with Crippen molar-refractivity contribution in [2.45, 2.75) is 43.7 Å². The fourth-order valence-electron chi connectivity index (χ4n) is 3.38. The van der Waals surface area contributed by atoms with Crippen LogP contribution in [0.3, 0.4) is 0 Å². The summed E-state index contributed by atoms with van der Waals surface area (Å²) in [6, 6.07) is 9.95. The Labute approximate surface area is 172 Å². The lowest BCUT2D eigenvalue weighted by Gasteiger charge is -2.28. The van der Waals surface area contributed by atoms with E-state index < -0.39 is 9.84 Å². The number of amides is 2. The van der Waals surface area contributed by atoms with Crippen molar-refractivity contribution in [3.63, 3.8) is 0 Å². The number of benzene rings is 1. The molecule has 3 rings (SSSR count). The van der Waals surface area contributed by atoms with Crippen LogP contribution in [0.2, 0.25) is 0 Å². The van der Waals surface area contributed by atoms with Crippen LogP contribution in [0, 0.1) is 0 Å². The number of hydrogen-bond acceptors (Lipinski definition) is 5. The lowest BCUT2D eigenvalue weighted by molar-refractivity contribution is 0.237. The van der Waals surface area contributed by atoms with Gasteiger partial charge < -0.3 is 15.5 Å². The van der Waals surface area contributed by atoms with Crippen molar-refractivity contribution in [1.82, 2.24) is 15.6 Å². The maximum absolute atomic E-state index is 12.3. The second-order valence-corrected chi connectivity index (χ2v) is 9.48. The first-order valence-corrected chi connectivity index (χ1v) is 11.8. The summed E-state index contributed by atoms with van der Waals surface area (Å²) in [7, 11) is -3.23. The number of hydrogen-bond donors (Lipinski definition) is 2. The minimum absolute atomic E-state index is 0.245. The van der Waals surface area contributed by atoms with Gasteiger partial charge in [-0.25, -0.2) is 18.2 Å². The quantitative estimate of drug-likeness (QED) is 0.755. The van der Waals surface area contributed by atoms with E-state index in [1.165, 1.54) is 25.5 Å². The number of piperidine rings is 1. The standard InChI is InChI=1S/C21H28N4O3S/c1-16(18-6-8-19(9-7-18)29(2,27)28)24-21(26)23-15-17-10-11-22-20(14-17)25-12-4-3-5-13-25/h6-11,14,16H,3-5,12-13,15H2,1-2H3,(H2,23,24,26). The van der Waals surface area contributed by atoms with E-state index >= 15 is 0 Å². The molecule has 2 N–H and O–H groups in total. The summed E-state index contributed by atoms with van der Waals surface area (Å²) in [5.41, 5.74) is 1.84. The van der Waals surface area contributed by atoms with Crippen molar-refractivity contribution in [2.75, 3.05) is 24.2 Å². The van der Waals surface area contributed by atoms with E-state index in [-0.39, 0.29) is 17.0 Å². The van der Waals surface area contributed by atoms with Gasteiger partial charge in [0.05, 0.1) is 10.9 Å². The smallest absolute Gasteiger partial charge is 0.315 e. The fourth-order valence-corrected chi connectivity index (χ4v) is 4.01. The molecule has 0 radical (unpaired) electrons. The van der Waals surface area contributed by atoms with E-state index in [0.717, 1.165) is 30.0 Å². The topological polar surface area (TPSA) is 91.4 Å². The van der Waals surface area contributed by atoms with Crippen LogP contribution in [0.1, 0.15) is 43.4 Å². The van der Waals surface area contributed by atoms with Gasteiger partial charge in [0, 0.05) is 32.1 Å². The maximum atomic E-state index is 12.3. The van der Waals surface area contributed by atoms with E-state index in [4.69, 9.17) is 0 Å². The maximum Gasteiger partial charge on any atom is 0.315 e. The highest BCUT2D eigenvalue weighted by molar-refractivity contribution is 7.90. The highest BCUT2D eigenvalue weighted by atomic mass is 32.2. The Bertz CT molecular complexity index is 939. The molecule has 1 atom stereocenters. The van der Waals surface area contributed by atoms with Crippen LogP contribution in [0.4, 0.5) is 10.6 Å². The molecule has 1 fully saturated rings. The van der Waals surface area contributed by atoms with Gasteiger partial charge in [-0.1, -0.05) is 12.1 Å². The third-order valence-electron chi connectivity index (χ3n) is 5.10. The Morgan fingerprint density at radius 1 is 1.14 bits per heavy atom. The molecule has 1 unspecified atom stereocenters. The number of urea groups is 1. The number of carbonyl (C=O) groups is 1. The summed E-state index contributed by atoms with van der Waals surface area (Å²) in [6.45, 7) is 4.32. The molecule has 1 saturated heterocycles. The van der Waals surface area contributed by atoms with Crippen LogP contribution >= 0.6 is 0 Å². The Hall–Kier alpha value is -2.61. The lowest BCUT2D eigenvalue weighted by Crippen LogP contribution is -2.36. The molecule has 2 amide bonds. The number of aromatic nitrogens is 1. The summed E-state index contributed by atoms with van der Waals surface area (Å²) in [4.78, 5) is 19.3. The summed E-state index contributed by atoms with van der Waals surface area (Å²) in [5.74, 6) is 0.962. The number of carbonyl (C=O) groups excluding carboxylic acids is 1. The van der Waals surface area contributed by atoms with Crippen molar-refractivity contribution in [2.24, 2.45) is 0 Å². The highest BCUT2D eigenvalue weighted by Gasteiger charge is 2.14. The van der Waals surface area contributed by atoms with Gasteiger partial charge in [0.2, 0.25) is 0 Å². The molecule has 0 saturated carbocycles. The van der Waals surface area contributed by atoms with Gasteiger partial charge in [-0.15, -0.1) is 0 Å². The molecule has 156 valence electrons. The number of anilines is 1. The Morgan fingerprint density at radius 2 is 1.83 bits per heavy atom. The normalized spacial score (nSPS) is 15.6. The van der Waals surface area contributed by atoms with Crippen LogP contribution in [-0.4, -0.2) is 38.8 Å². The molecule has 1 aromatic heterocycles. The largest absolute Gasteiger partial charge is 0.357 e. The molecule has 2 aromatic rings. The van der Waals surface area contributed by atoms with Gasteiger partial charge >= 0.3 is 6.03 Å². The van der Waals surface area contributed by atoms with E-state index in [0.29, 0.717) is 6.54 Å². The number of sulfone groups is 1. The van der Waals surface area contributed by atoms with Gasteiger partial charge in [-0.2, -0.15) is 0 Å². The van der Waals surface area contributed by atoms with E-state index in [1.54, 1.807) is 30.5 Å². The van der Waals surface area contributed by atoms with Crippen molar-refractivity contribution >= 4 is 21.7 Å². The molecular weight excluding hydrogens is 388 g/mol. The van der Waals surface area contributed by atoms with E-state index in [9.17, 15) is 13.2 Å². The molecule has 2 heterocycles. The second-order valence-electron chi connectivity index (χ2n) is 7.46. The van der Waals surface area contributed by atoms with Gasteiger partial charge in [0.25, 0.3) is 0 Å². The predicted molar refractivity (Wildman–Crippen MR) is 114 cm³/mol. The zero-order valence-electron chi connectivity index (χ0n) is 16.9. The van der Waals surface area contributed by atoms with Crippen molar-refractivity contribution in [3.8, 4) is 0 Å². The van der Waals surface area contributed by atoms with Crippen molar-refractivity contribution in [1.29, 1.82) is 0 Å². The van der Waals surface area contributed by atoms with Crippen molar-refractivity contribution in [3.05, 3.63) is 53.7 Å². The molecular formula is C21H28N4O3S. The number of nitrogens with one attached hydrogen (secondary N) is 2. The summed E-state index contributed by atoms with van der Waals surface area (Å²) in [5, 5.41) is 5.75.